The lowest BCUT2D eigenvalue weighted by atomic mass is 10.2. The van der Waals surface area contributed by atoms with Gasteiger partial charge in [0.25, 0.3) is 5.91 Å². The predicted octanol–water partition coefficient (Wildman–Crippen LogP) is 2.77. The molecule has 3 aromatic rings. The molecule has 0 radical (unpaired) electrons. The highest BCUT2D eigenvalue weighted by atomic mass is 16.5. The van der Waals surface area contributed by atoms with Gasteiger partial charge >= 0.3 is 0 Å². The minimum atomic E-state index is -0.311. The number of carbonyl (C=O) groups excluding carboxylic acids is 1. The molecule has 134 valence electrons. The molecule has 1 aromatic heterocycles. The van der Waals surface area contributed by atoms with Gasteiger partial charge in [-0.25, -0.2) is 0 Å². The highest BCUT2D eigenvalue weighted by Crippen LogP contribution is 2.29. The number of amides is 1. The van der Waals surface area contributed by atoms with Crippen molar-refractivity contribution in [2.45, 2.75) is 0 Å². The van der Waals surface area contributed by atoms with Crippen LogP contribution in [-0.2, 0) is 4.79 Å². The van der Waals surface area contributed by atoms with Crippen molar-refractivity contribution in [3.8, 4) is 28.7 Å². The van der Waals surface area contributed by atoms with Crippen LogP contribution in [0.1, 0.15) is 0 Å². The second kappa shape index (κ2) is 8.02. The summed E-state index contributed by atoms with van der Waals surface area (Å²) in [5.41, 5.74) is 1.30. The third-order valence-corrected chi connectivity index (χ3v) is 3.51. The van der Waals surface area contributed by atoms with Crippen LogP contribution in [-0.4, -0.2) is 36.9 Å². The number of hydrogen-bond acceptors (Lipinski definition) is 7. The molecule has 2 aromatic carbocycles. The molecule has 0 saturated carbocycles. The van der Waals surface area contributed by atoms with Gasteiger partial charge in [-0.3, -0.25) is 4.79 Å². The molecular weight excluding hydrogens is 338 g/mol. The van der Waals surface area contributed by atoms with E-state index in [2.05, 4.69) is 15.5 Å². The molecule has 8 heteroatoms. The monoisotopic (exact) mass is 355 g/mol. The lowest BCUT2D eigenvalue weighted by Gasteiger charge is -2.12. The number of hydrogen-bond donors (Lipinski definition) is 1. The van der Waals surface area contributed by atoms with Crippen LogP contribution < -0.4 is 19.5 Å². The molecular formula is C18H17N3O5. The quantitative estimate of drug-likeness (QED) is 0.696. The van der Waals surface area contributed by atoms with Crippen LogP contribution in [0.25, 0.3) is 11.5 Å². The Kier molecular flexibility index (Phi) is 5.33. The van der Waals surface area contributed by atoms with Crippen molar-refractivity contribution >= 4 is 11.6 Å². The van der Waals surface area contributed by atoms with Gasteiger partial charge in [0.05, 0.1) is 19.9 Å². The maximum absolute atomic E-state index is 12.1. The molecule has 1 heterocycles. The number of benzene rings is 2. The van der Waals surface area contributed by atoms with Crippen molar-refractivity contribution in [2.24, 2.45) is 0 Å². The maximum atomic E-state index is 12.1. The van der Waals surface area contributed by atoms with Gasteiger partial charge in [-0.15, -0.1) is 10.2 Å². The fraction of sp³-hybridized carbons (Fsp3) is 0.167. The van der Waals surface area contributed by atoms with Crippen molar-refractivity contribution in [3.05, 3.63) is 48.9 Å². The fourth-order valence-corrected chi connectivity index (χ4v) is 2.23. The molecule has 0 saturated heterocycles. The number of carbonyl (C=O) groups is 1. The third-order valence-electron chi connectivity index (χ3n) is 3.51. The van der Waals surface area contributed by atoms with Crippen LogP contribution in [0.4, 0.5) is 5.69 Å². The van der Waals surface area contributed by atoms with Crippen LogP contribution in [0.3, 0.4) is 0 Å². The van der Waals surface area contributed by atoms with E-state index < -0.39 is 0 Å². The van der Waals surface area contributed by atoms with Crippen molar-refractivity contribution in [1.29, 1.82) is 0 Å². The molecule has 26 heavy (non-hydrogen) atoms. The van der Waals surface area contributed by atoms with E-state index in [1.54, 1.807) is 49.6 Å². The van der Waals surface area contributed by atoms with E-state index >= 15 is 0 Å². The number of rotatable bonds is 7. The molecule has 0 aliphatic rings. The van der Waals surface area contributed by atoms with Crippen molar-refractivity contribution in [1.82, 2.24) is 10.2 Å². The van der Waals surface area contributed by atoms with E-state index in [1.165, 1.54) is 13.5 Å². The minimum Gasteiger partial charge on any atom is -0.497 e. The Morgan fingerprint density at radius 2 is 1.85 bits per heavy atom. The first-order chi connectivity index (χ1) is 12.7. The lowest BCUT2D eigenvalue weighted by molar-refractivity contribution is -0.118. The van der Waals surface area contributed by atoms with Crippen molar-refractivity contribution < 1.29 is 23.4 Å². The van der Waals surface area contributed by atoms with E-state index in [-0.39, 0.29) is 12.5 Å². The molecule has 0 aliphatic heterocycles. The summed E-state index contributed by atoms with van der Waals surface area (Å²) in [7, 11) is 3.08. The van der Waals surface area contributed by atoms with Gasteiger partial charge in [0.15, 0.2) is 6.61 Å². The first-order valence-electron chi connectivity index (χ1n) is 7.71. The highest BCUT2D eigenvalue weighted by molar-refractivity contribution is 5.93. The Morgan fingerprint density at radius 3 is 2.50 bits per heavy atom. The van der Waals surface area contributed by atoms with Crippen LogP contribution in [0.5, 0.6) is 17.2 Å². The SMILES string of the molecule is COc1ccc(NC(=O)COc2ccc(-c3nnco3)cc2)c(OC)c1. The summed E-state index contributed by atoms with van der Waals surface area (Å²) in [6.07, 6.45) is 1.26. The first kappa shape index (κ1) is 17.3. The molecule has 0 aliphatic carbocycles. The molecule has 0 bridgehead atoms. The third kappa shape index (κ3) is 4.10. The molecule has 0 spiro atoms. The maximum Gasteiger partial charge on any atom is 0.262 e. The predicted molar refractivity (Wildman–Crippen MR) is 93.4 cm³/mol. The Labute approximate surface area is 149 Å². The second-order valence-electron chi connectivity index (χ2n) is 5.17. The zero-order valence-corrected chi connectivity index (χ0v) is 14.3. The largest absolute Gasteiger partial charge is 0.497 e. The first-order valence-corrected chi connectivity index (χ1v) is 7.71. The van der Waals surface area contributed by atoms with Crippen molar-refractivity contribution in [2.75, 3.05) is 26.1 Å². The van der Waals surface area contributed by atoms with Gasteiger partial charge in [0.2, 0.25) is 12.3 Å². The second-order valence-corrected chi connectivity index (χ2v) is 5.17. The normalized spacial score (nSPS) is 10.2. The topological polar surface area (TPSA) is 95.7 Å². The highest BCUT2D eigenvalue weighted by Gasteiger charge is 2.10. The molecule has 1 amide bonds. The van der Waals surface area contributed by atoms with Gasteiger partial charge in [0.1, 0.15) is 17.2 Å². The van der Waals surface area contributed by atoms with Crippen LogP contribution in [0, 0.1) is 0 Å². The lowest BCUT2D eigenvalue weighted by Crippen LogP contribution is -2.20. The van der Waals surface area contributed by atoms with Crippen LogP contribution >= 0.6 is 0 Å². The number of anilines is 1. The number of ether oxygens (including phenoxy) is 3. The van der Waals surface area contributed by atoms with Gasteiger partial charge in [0, 0.05) is 11.6 Å². The Balaban J connectivity index is 1.57. The average Bonchev–Trinajstić information content (AvgIpc) is 3.22. The van der Waals surface area contributed by atoms with Crippen LogP contribution in [0.15, 0.2) is 53.3 Å². The summed E-state index contributed by atoms with van der Waals surface area (Å²) in [6.45, 7) is -0.144. The fourth-order valence-electron chi connectivity index (χ4n) is 2.23. The number of nitrogens with one attached hydrogen (secondary N) is 1. The van der Waals surface area contributed by atoms with Gasteiger partial charge in [-0.1, -0.05) is 0 Å². The van der Waals surface area contributed by atoms with Gasteiger partial charge < -0.3 is 23.9 Å². The Hall–Kier alpha value is -3.55. The van der Waals surface area contributed by atoms with Gasteiger partial charge in [-0.2, -0.15) is 0 Å². The zero-order chi connectivity index (χ0) is 18.4. The molecule has 8 nitrogen and oxygen atoms in total. The molecule has 0 atom stereocenters. The summed E-state index contributed by atoms with van der Waals surface area (Å²) >= 11 is 0. The van der Waals surface area contributed by atoms with E-state index in [1.807, 2.05) is 0 Å². The van der Waals surface area contributed by atoms with E-state index in [0.717, 1.165) is 5.56 Å². The van der Waals surface area contributed by atoms with E-state index in [4.69, 9.17) is 18.6 Å². The smallest absolute Gasteiger partial charge is 0.262 e. The Morgan fingerprint density at radius 1 is 1.08 bits per heavy atom. The van der Waals surface area contributed by atoms with E-state index in [9.17, 15) is 4.79 Å². The summed E-state index contributed by atoms with van der Waals surface area (Å²) in [5, 5.41) is 10.2. The summed E-state index contributed by atoms with van der Waals surface area (Å²) < 4.78 is 21.0. The van der Waals surface area contributed by atoms with E-state index in [0.29, 0.717) is 28.8 Å². The molecule has 0 fully saturated rings. The number of aromatic nitrogens is 2. The Bertz CT molecular complexity index is 863. The average molecular weight is 355 g/mol. The minimum absolute atomic E-state index is 0.144. The molecule has 0 unspecified atom stereocenters. The molecule has 3 rings (SSSR count). The standard InChI is InChI=1S/C18H17N3O5/c1-23-14-7-8-15(16(9-14)24-2)20-17(22)10-25-13-5-3-12(4-6-13)18-21-19-11-26-18/h3-9,11H,10H2,1-2H3,(H,20,22). The zero-order valence-electron chi connectivity index (χ0n) is 14.3. The van der Waals surface area contributed by atoms with Crippen LogP contribution in [0.2, 0.25) is 0 Å². The number of methoxy groups -OCH3 is 2. The molecule has 1 N–H and O–H groups in total. The summed E-state index contributed by atoms with van der Waals surface area (Å²) in [5.74, 6) is 1.79. The van der Waals surface area contributed by atoms with Gasteiger partial charge in [-0.05, 0) is 36.4 Å². The number of nitrogens with zero attached hydrogens (tertiary/aromatic N) is 2. The summed E-state index contributed by atoms with van der Waals surface area (Å²) in [6, 6.07) is 12.1. The summed E-state index contributed by atoms with van der Waals surface area (Å²) in [4.78, 5) is 12.1. The van der Waals surface area contributed by atoms with Crippen molar-refractivity contribution in [3.63, 3.8) is 0 Å².